The average molecular weight is 257 g/mol. The molecule has 1 N–H and O–H groups in total. The zero-order chi connectivity index (χ0) is 13.2. The molecule has 0 unspecified atom stereocenters. The number of benzene rings is 1. The van der Waals surface area contributed by atoms with Crippen LogP contribution in [0.3, 0.4) is 0 Å². The lowest BCUT2D eigenvalue weighted by atomic mass is 9.85. The second kappa shape index (κ2) is 4.79. The van der Waals surface area contributed by atoms with E-state index >= 15 is 0 Å². The van der Waals surface area contributed by atoms with Crippen LogP contribution in [-0.4, -0.2) is 26.1 Å². The number of anilines is 1. The maximum Gasteiger partial charge on any atom is 0.227 e. The van der Waals surface area contributed by atoms with Crippen molar-refractivity contribution in [2.24, 2.45) is 13.0 Å². The van der Waals surface area contributed by atoms with Crippen molar-refractivity contribution >= 4 is 11.6 Å². The quantitative estimate of drug-likeness (QED) is 0.906. The average Bonchev–Trinajstić information content (AvgIpc) is 2.74. The van der Waals surface area contributed by atoms with Crippen LogP contribution in [-0.2, 0) is 11.8 Å². The monoisotopic (exact) mass is 257 g/mol. The Kier molecular flexibility index (Phi) is 2.98. The van der Waals surface area contributed by atoms with Crippen molar-refractivity contribution in [3.05, 3.63) is 24.3 Å². The molecule has 1 aromatic carbocycles. The summed E-state index contributed by atoms with van der Waals surface area (Å²) in [4.78, 5) is 11.8. The lowest BCUT2D eigenvalue weighted by Crippen LogP contribution is -2.27. The van der Waals surface area contributed by atoms with E-state index < -0.39 is 0 Å². The minimum atomic E-state index is 0.124. The molecule has 1 heterocycles. The third-order valence-electron chi connectivity index (χ3n) is 3.51. The second-order valence-electron chi connectivity index (χ2n) is 4.82. The van der Waals surface area contributed by atoms with Crippen molar-refractivity contribution < 1.29 is 4.79 Å². The summed E-state index contributed by atoms with van der Waals surface area (Å²) in [5.41, 5.74) is 1.74. The molecule has 98 valence electrons. The van der Waals surface area contributed by atoms with E-state index in [1.807, 2.05) is 24.3 Å². The third kappa shape index (κ3) is 2.33. The molecule has 6 heteroatoms. The number of nitrogens with one attached hydrogen (secondary N) is 1. The molecule has 1 fully saturated rings. The Bertz CT molecular complexity index is 585. The number of nitrogens with zero attached hydrogens (tertiary/aromatic N) is 4. The summed E-state index contributed by atoms with van der Waals surface area (Å²) in [5.74, 6) is 1.03. The summed E-state index contributed by atoms with van der Waals surface area (Å²) in [5, 5.41) is 14.3. The van der Waals surface area contributed by atoms with Gasteiger partial charge in [-0.2, -0.15) is 0 Å². The molecule has 2 aromatic rings. The van der Waals surface area contributed by atoms with Gasteiger partial charge in [0.1, 0.15) is 0 Å². The SMILES string of the molecule is Cn1nnnc1-c1ccc(NC(=O)C2CCC2)cc1. The fraction of sp³-hybridized carbons (Fsp3) is 0.385. The first-order valence-electron chi connectivity index (χ1n) is 6.38. The van der Waals surface area contributed by atoms with Gasteiger partial charge < -0.3 is 5.32 Å². The van der Waals surface area contributed by atoms with Crippen LogP contribution in [0.5, 0.6) is 0 Å². The van der Waals surface area contributed by atoms with Gasteiger partial charge in [-0.3, -0.25) is 4.79 Å². The van der Waals surface area contributed by atoms with E-state index in [1.165, 1.54) is 0 Å². The molecule has 19 heavy (non-hydrogen) atoms. The van der Waals surface area contributed by atoms with E-state index in [1.54, 1.807) is 11.7 Å². The number of rotatable bonds is 3. The first-order chi connectivity index (χ1) is 9.24. The van der Waals surface area contributed by atoms with E-state index in [4.69, 9.17) is 0 Å². The van der Waals surface area contributed by atoms with Crippen LogP contribution in [0.4, 0.5) is 5.69 Å². The van der Waals surface area contributed by atoms with E-state index in [-0.39, 0.29) is 11.8 Å². The molecule has 1 aliphatic rings. The molecule has 0 radical (unpaired) electrons. The number of carbonyl (C=O) groups excluding carboxylic acids is 1. The Labute approximate surface area is 110 Å². The molecule has 0 aliphatic heterocycles. The van der Waals surface area contributed by atoms with E-state index in [2.05, 4.69) is 20.8 Å². The van der Waals surface area contributed by atoms with Crippen molar-refractivity contribution in [2.75, 3.05) is 5.32 Å². The van der Waals surface area contributed by atoms with Crippen LogP contribution in [0.2, 0.25) is 0 Å². The molecule has 1 amide bonds. The Hall–Kier alpha value is -2.24. The van der Waals surface area contributed by atoms with Crippen molar-refractivity contribution in [3.8, 4) is 11.4 Å². The molecule has 0 spiro atoms. The van der Waals surface area contributed by atoms with Crippen LogP contribution in [0.25, 0.3) is 11.4 Å². The zero-order valence-electron chi connectivity index (χ0n) is 10.7. The largest absolute Gasteiger partial charge is 0.326 e. The predicted molar refractivity (Wildman–Crippen MR) is 70.2 cm³/mol. The van der Waals surface area contributed by atoms with Crippen molar-refractivity contribution in [2.45, 2.75) is 19.3 Å². The topological polar surface area (TPSA) is 72.7 Å². The standard InChI is InChI=1S/C13H15N5O/c1-18-12(15-16-17-18)9-5-7-11(8-6-9)14-13(19)10-3-2-4-10/h5-8,10H,2-4H2,1H3,(H,14,19). The van der Waals surface area contributed by atoms with Crippen LogP contribution in [0.1, 0.15) is 19.3 Å². The number of hydrogen-bond donors (Lipinski definition) is 1. The number of tetrazole rings is 1. The van der Waals surface area contributed by atoms with Crippen LogP contribution >= 0.6 is 0 Å². The minimum absolute atomic E-state index is 0.124. The minimum Gasteiger partial charge on any atom is -0.326 e. The van der Waals surface area contributed by atoms with Crippen LogP contribution in [0.15, 0.2) is 24.3 Å². The maximum atomic E-state index is 11.8. The molecule has 3 rings (SSSR count). The summed E-state index contributed by atoms with van der Waals surface area (Å²) in [6.45, 7) is 0. The van der Waals surface area contributed by atoms with Crippen molar-refractivity contribution in [3.63, 3.8) is 0 Å². The normalized spacial score (nSPS) is 15.0. The van der Waals surface area contributed by atoms with Gasteiger partial charge in [0.2, 0.25) is 5.91 Å². The first-order valence-corrected chi connectivity index (χ1v) is 6.38. The second-order valence-corrected chi connectivity index (χ2v) is 4.82. The molecule has 0 bridgehead atoms. The maximum absolute atomic E-state index is 11.8. The number of hydrogen-bond acceptors (Lipinski definition) is 4. The molecular weight excluding hydrogens is 242 g/mol. The summed E-state index contributed by atoms with van der Waals surface area (Å²) >= 11 is 0. The number of carbonyl (C=O) groups is 1. The van der Waals surface area contributed by atoms with Gasteiger partial charge in [0.25, 0.3) is 0 Å². The van der Waals surface area contributed by atoms with Gasteiger partial charge >= 0.3 is 0 Å². The van der Waals surface area contributed by atoms with Gasteiger partial charge in [-0.25, -0.2) is 4.68 Å². The fourth-order valence-electron chi connectivity index (χ4n) is 2.09. The van der Waals surface area contributed by atoms with E-state index in [0.29, 0.717) is 5.82 Å². The van der Waals surface area contributed by atoms with Gasteiger partial charge in [-0.05, 0) is 47.5 Å². The fourth-order valence-corrected chi connectivity index (χ4v) is 2.09. The zero-order valence-corrected chi connectivity index (χ0v) is 10.7. The molecule has 1 saturated carbocycles. The van der Waals surface area contributed by atoms with Crippen molar-refractivity contribution in [1.29, 1.82) is 0 Å². The summed E-state index contributed by atoms with van der Waals surface area (Å²) in [7, 11) is 1.79. The van der Waals surface area contributed by atoms with Crippen LogP contribution in [0, 0.1) is 5.92 Å². The molecule has 0 atom stereocenters. The Morgan fingerprint density at radius 1 is 1.32 bits per heavy atom. The third-order valence-corrected chi connectivity index (χ3v) is 3.51. The molecule has 1 aromatic heterocycles. The number of aryl methyl sites for hydroxylation is 1. The summed E-state index contributed by atoms with van der Waals surface area (Å²) in [6, 6.07) is 7.56. The number of amides is 1. The predicted octanol–water partition coefficient (Wildman–Crippen LogP) is 1.62. The highest BCUT2D eigenvalue weighted by Crippen LogP contribution is 2.27. The van der Waals surface area contributed by atoms with Crippen LogP contribution < -0.4 is 5.32 Å². The first kappa shape index (κ1) is 11.8. The highest BCUT2D eigenvalue weighted by Gasteiger charge is 2.25. The molecular formula is C13H15N5O. The Morgan fingerprint density at radius 3 is 2.58 bits per heavy atom. The lowest BCUT2D eigenvalue weighted by molar-refractivity contribution is -0.122. The van der Waals surface area contributed by atoms with Gasteiger partial charge in [0, 0.05) is 24.2 Å². The van der Waals surface area contributed by atoms with Gasteiger partial charge in [0.15, 0.2) is 5.82 Å². The van der Waals surface area contributed by atoms with E-state index in [9.17, 15) is 4.79 Å². The van der Waals surface area contributed by atoms with Gasteiger partial charge in [-0.15, -0.1) is 5.10 Å². The highest BCUT2D eigenvalue weighted by molar-refractivity contribution is 5.93. The Morgan fingerprint density at radius 2 is 2.05 bits per heavy atom. The summed E-state index contributed by atoms with van der Waals surface area (Å²) in [6.07, 6.45) is 3.18. The molecule has 6 nitrogen and oxygen atoms in total. The van der Waals surface area contributed by atoms with Gasteiger partial charge in [0.05, 0.1) is 0 Å². The highest BCUT2D eigenvalue weighted by atomic mass is 16.1. The van der Waals surface area contributed by atoms with E-state index in [0.717, 1.165) is 30.5 Å². The van der Waals surface area contributed by atoms with Gasteiger partial charge in [-0.1, -0.05) is 6.42 Å². The molecule has 1 aliphatic carbocycles. The number of aromatic nitrogens is 4. The Balaban J connectivity index is 1.72. The molecule has 0 saturated heterocycles. The smallest absolute Gasteiger partial charge is 0.227 e. The van der Waals surface area contributed by atoms with Crippen molar-refractivity contribution in [1.82, 2.24) is 20.2 Å². The lowest BCUT2D eigenvalue weighted by Gasteiger charge is -2.24. The summed E-state index contributed by atoms with van der Waals surface area (Å²) < 4.78 is 1.61.